The van der Waals surface area contributed by atoms with Gasteiger partial charge < -0.3 is 9.64 Å². The number of carbonyl (C=O) groups is 2. The van der Waals surface area contributed by atoms with Crippen molar-refractivity contribution < 1.29 is 14.3 Å². The molecule has 0 radical (unpaired) electrons. The molecule has 0 spiro atoms. The summed E-state index contributed by atoms with van der Waals surface area (Å²) in [5, 5.41) is 0. The number of rotatable bonds is 1. The van der Waals surface area contributed by atoms with Gasteiger partial charge in [0, 0.05) is 25.4 Å². The van der Waals surface area contributed by atoms with Crippen LogP contribution in [0.2, 0.25) is 0 Å². The number of hydrogen-bond acceptors (Lipinski definition) is 3. The lowest BCUT2D eigenvalue weighted by molar-refractivity contribution is -0.149. The van der Waals surface area contributed by atoms with Crippen LogP contribution in [0.25, 0.3) is 0 Å². The molecule has 1 saturated carbocycles. The molecule has 0 aromatic carbocycles. The molecule has 84 valence electrons. The van der Waals surface area contributed by atoms with Gasteiger partial charge in [-0.1, -0.05) is 6.92 Å². The summed E-state index contributed by atoms with van der Waals surface area (Å²) in [6.45, 7) is 3.54. The summed E-state index contributed by atoms with van der Waals surface area (Å²) >= 11 is 0. The monoisotopic (exact) mass is 211 g/mol. The van der Waals surface area contributed by atoms with Gasteiger partial charge in [-0.3, -0.25) is 9.59 Å². The molecule has 2 rings (SSSR count). The van der Waals surface area contributed by atoms with Gasteiger partial charge in [-0.15, -0.1) is 0 Å². The van der Waals surface area contributed by atoms with Crippen LogP contribution in [0.5, 0.6) is 0 Å². The van der Waals surface area contributed by atoms with Crippen molar-refractivity contribution in [2.75, 3.05) is 19.8 Å². The average Bonchev–Trinajstić information content (AvgIpc) is 2.23. The number of ketones is 1. The highest BCUT2D eigenvalue weighted by atomic mass is 16.5. The predicted octanol–water partition coefficient (Wildman–Crippen LogP) is 0.603. The molecule has 0 aromatic heterocycles. The van der Waals surface area contributed by atoms with E-state index < -0.39 is 0 Å². The van der Waals surface area contributed by atoms with Crippen LogP contribution in [-0.4, -0.2) is 42.4 Å². The van der Waals surface area contributed by atoms with E-state index in [1.807, 2.05) is 4.90 Å². The van der Waals surface area contributed by atoms with Crippen LogP contribution in [0.4, 0.5) is 0 Å². The van der Waals surface area contributed by atoms with Crippen molar-refractivity contribution in [2.45, 2.75) is 32.2 Å². The molecular formula is C11H17NO3. The minimum Gasteiger partial charge on any atom is -0.370 e. The Labute approximate surface area is 89.6 Å². The third-order valence-electron chi connectivity index (χ3n) is 3.39. The van der Waals surface area contributed by atoms with E-state index in [-0.39, 0.29) is 24.3 Å². The van der Waals surface area contributed by atoms with Crippen LogP contribution in [-0.2, 0) is 14.3 Å². The van der Waals surface area contributed by atoms with Crippen LogP contribution in [0.1, 0.15) is 26.2 Å². The highest BCUT2D eigenvalue weighted by molar-refractivity contribution is 5.82. The second-order valence-electron chi connectivity index (χ2n) is 4.47. The van der Waals surface area contributed by atoms with Crippen LogP contribution >= 0.6 is 0 Å². The van der Waals surface area contributed by atoms with Crippen molar-refractivity contribution in [3.8, 4) is 0 Å². The maximum absolute atomic E-state index is 11.6. The molecule has 4 heteroatoms. The van der Waals surface area contributed by atoms with E-state index in [0.717, 1.165) is 6.42 Å². The fourth-order valence-corrected chi connectivity index (χ4v) is 2.42. The van der Waals surface area contributed by atoms with Crippen molar-refractivity contribution in [1.82, 2.24) is 4.90 Å². The largest absolute Gasteiger partial charge is 0.370 e. The molecule has 1 amide bonds. The topological polar surface area (TPSA) is 46.6 Å². The standard InChI is InChI=1S/C11H17NO3/c1-8-2-3-9(13)6-10(8)12-4-5-15-7-11(12)14/h8,10H,2-7H2,1H3. The van der Waals surface area contributed by atoms with E-state index >= 15 is 0 Å². The first-order valence-corrected chi connectivity index (χ1v) is 5.57. The lowest BCUT2D eigenvalue weighted by Crippen LogP contribution is -2.52. The van der Waals surface area contributed by atoms with Crippen molar-refractivity contribution in [3.63, 3.8) is 0 Å². The van der Waals surface area contributed by atoms with E-state index in [2.05, 4.69) is 6.92 Å². The fraction of sp³-hybridized carbons (Fsp3) is 0.818. The number of amides is 1. The Bertz CT molecular complexity index is 277. The summed E-state index contributed by atoms with van der Waals surface area (Å²) in [6.07, 6.45) is 2.12. The van der Waals surface area contributed by atoms with Crippen molar-refractivity contribution in [1.29, 1.82) is 0 Å². The molecule has 2 unspecified atom stereocenters. The lowest BCUT2D eigenvalue weighted by Gasteiger charge is -2.39. The number of Topliss-reactive ketones (excluding diaryl/α,β-unsaturated/α-hetero) is 1. The maximum Gasteiger partial charge on any atom is 0.248 e. The number of morpholine rings is 1. The summed E-state index contributed by atoms with van der Waals surface area (Å²) in [7, 11) is 0. The molecule has 2 atom stereocenters. The number of carbonyl (C=O) groups excluding carboxylic acids is 2. The van der Waals surface area contributed by atoms with Crippen LogP contribution in [0.3, 0.4) is 0 Å². The van der Waals surface area contributed by atoms with Crippen LogP contribution in [0.15, 0.2) is 0 Å². The molecule has 1 heterocycles. The van der Waals surface area contributed by atoms with Crippen molar-refractivity contribution >= 4 is 11.7 Å². The minimum atomic E-state index is 0.0350. The first-order chi connectivity index (χ1) is 7.18. The highest BCUT2D eigenvalue weighted by Crippen LogP contribution is 2.26. The van der Waals surface area contributed by atoms with Crippen LogP contribution < -0.4 is 0 Å². The van der Waals surface area contributed by atoms with Gasteiger partial charge in [-0.25, -0.2) is 0 Å². The van der Waals surface area contributed by atoms with E-state index in [9.17, 15) is 9.59 Å². The van der Waals surface area contributed by atoms with E-state index in [4.69, 9.17) is 4.74 Å². The molecule has 1 saturated heterocycles. The SMILES string of the molecule is CC1CCC(=O)CC1N1CCOCC1=O. The van der Waals surface area contributed by atoms with Crippen molar-refractivity contribution in [3.05, 3.63) is 0 Å². The molecule has 2 aliphatic rings. The molecular weight excluding hydrogens is 194 g/mol. The molecule has 1 aliphatic heterocycles. The Morgan fingerprint density at radius 1 is 1.40 bits per heavy atom. The Kier molecular flexibility index (Phi) is 3.05. The summed E-state index contributed by atoms with van der Waals surface area (Å²) in [6, 6.07) is 0.114. The molecule has 2 fully saturated rings. The zero-order chi connectivity index (χ0) is 10.8. The number of hydrogen-bond donors (Lipinski definition) is 0. The second-order valence-corrected chi connectivity index (χ2v) is 4.47. The van der Waals surface area contributed by atoms with Gasteiger partial charge in [0.2, 0.25) is 5.91 Å². The Balaban J connectivity index is 2.06. The normalized spacial score (nSPS) is 33.3. The molecule has 15 heavy (non-hydrogen) atoms. The highest BCUT2D eigenvalue weighted by Gasteiger charge is 2.34. The molecule has 1 aliphatic carbocycles. The number of nitrogens with zero attached hydrogens (tertiary/aromatic N) is 1. The Morgan fingerprint density at radius 3 is 2.93 bits per heavy atom. The Morgan fingerprint density at radius 2 is 2.20 bits per heavy atom. The Hall–Kier alpha value is -0.900. The van der Waals surface area contributed by atoms with E-state index in [1.54, 1.807) is 0 Å². The molecule has 4 nitrogen and oxygen atoms in total. The summed E-state index contributed by atoms with van der Waals surface area (Å²) in [4.78, 5) is 24.9. The van der Waals surface area contributed by atoms with Crippen LogP contribution in [0, 0.1) is 5.92 Å². The van der Waals surface area contributed by atoms with Gasteiger partial charge >= 0.3 is 0 Å². The van der Waals surface area contributed by atoms with Gasteiger partial charge in [-0.2, -0.15) is 0 Å². The third kappa shape index (κ3) is 2.20. The zero-order valence-electron chi connectivity index (χ0n) is 9.07. The quantitative estimate of drug-likeness (QED) is 0.638. The zero-order valence-corrected chi connectivity index (χ0v) is 9.07. The first kappa shape index (κ1) is 10.6. The fourth-order valence-electron chi connectivity index (χ4n) is 2.42. The first-order valence-electron chi connectivity index (χ1n) is 5.57. The molecule has 0 aromatic rings. The van der Waals surface area contributed by atoms with Gasteiger partial charge in [0.15, 0.2) is 0 Å². The van der Waals surface area contributed by atoms with Crippen molar-refractivity contribution in [2.24, 2.45) is 5.92 Å². The lowest BCUT2D eigenvalue weighted by atomic mass is 9.84. The number of ether oxygens (including phenoxy) is 1. The van der Waals surface area contributed by atoms with Gasteiger partial charge in [-0.05, 0) is 12.3 Å². The molecule has 0 N–H and O–H groups in total. The minimum absolute atomic E-state index is 0.0350. The maximum atomic E-state index is 11.6. The van der Waals surface area contributed by atoms with E-state index in [1.165, 1.54) is 0 Å². The third-order valence-corrected chi connectivity index (χ3v) is 3.39. The van der Waals surface area contributed by atoms with Gasteiger partial charge in [0.05, 0.1) is 6.61 Å². The van der Waals surface area contributed by atoms with Gasteiger partial charge in [0.25, 0.3) is 0 Å². The smallest absolute Gasteiger partial charge is 0.248 e. The van der Waals surface area contributed by atoms with Gasteiger partial charge in [0.1, 0.15) is 12.4 Å². The molecule has 0 bridgehead atoms. The van der Waals surface area contributed by atoms with E-state index in [0.29, 0.717) is 31.9 Å². The summed E-state index contributed by atoms with van der Waals surface area (Å²) < 4.78 is 5.09. The average molecular weight is 211 g/mol. The summed E-state index contributed by atoms with van der Waals surface area (Å²) in [5.41, 5.74) is 0. The second kappa shape index (κ2) is 4.31. The predicted molar refractivity (Wildman–Crippen MR) is 54.3 cm³/mol. The summed E-state index contributed by atoms with van der Waals surface area (Å²) in [5.74, 6) is 0.759.